The number of esters is 1. The number of hydrogen-bond donors (Lipinski definition) is 1. The van der Waals surface area contributed by atoms with Crippen LogP contribution in [0.3, 0.4) is 0 Å². The van der Waals surface area contributed by atoms with E-state index in [1.165, 1.54) is 0 Å². The van der Waals surface area contributed by atoms with Gasteiger partial charge >= 0.3 is 5.97 Å². The average Bonchev–Trinajstić information content (AvgIpc) is 2.70. The summed E-state index contributed by atoms with van der Waals surface area (Å²) in [6, 6.07) is 0. The molecule has 11 heavy (non-hydrogen) atoms. The van der Waals surface area contributed by atoms with Crippen molar-refractivity contribution in [2.75, 3.05) is 19.8 Å². The van der Waals surface area contributed by atoms with E-state index in [1.807, 2.05) is 0 Å². The van der Waals surface area contributed by atoms with Crippen LogP contribution in [0.2, 0.25) is 0 Å². The summed E-state index contributed by atoms with van der Waals surface area (Å²) in [4.78, 5) is 10.8. The topological polar surface area (TPSA) is 59.1 Å². The molecular weight excluding hydrogens is 148 g/mol. The molecule has 4 nitrogen and oxygen atoms in total. The van der Waals surface area contributed by atoms with Gasteiger partial charge in [-0.05, 0) is 6.92 Å². The lowest BCUT2D eigenvalue weighted by Gasteiger charge is -2.06. The first-order valence-electron chi connectivity index (χ1n) is 3.63. The van der Waals surface area contributed by atoms with Crippen LogP contribution in [0.25, 0.3) is 0 Å². The van der Waals surface area contributed by atoms with Crippen molar-refractivity contribution in [3.8, 4) is 0 Å². The van der Waals surface area contributed by atoms with Crippen LogP contribution in [0.4, 0.5) is 0 Å². The molecule has 0 aliphatic carbocycles. The smallest absolute Gasteiger partial charge is 0.308 e. The number of ether oxygens (including phenoxy) is 2. The van der Waals surface area contributed by atoms with Crippen LogP contribution < -0.4 is 0 Å². The summed E-state index contributed by atoms with van der Waals surface area (Å²) in [5.41, 5.74) is -0.605. The SMILES string of the molecule is CCOC(=O)C[C@]1(CO)CO1. The fourth-order valence-electron chi connectivity index (χ4n) is 0.826. The van der Waals surface area contributed by atoms with Crippen molar-refractivity contribution >= 4 is 5.97 Å². The van der Waals surface area contributed by atoms with E-state index < -0.39 is 5.60 Å². The predicted octanol–water partition coefficient (Wildman–Crippen LogP) is -0.299. The molecule has 1 rings (SSSR count). The Kier molecular flexibility index (Phi) is 2.46. The summed E-state index contributed by atoms with van der Waals surface area (Å²) in [6.07, 6.45) is 0.164. The minimum absolute atomic E-state index is 0.105. The Morgan fingerprint density at radius 3 is 2.82 bits per heavy atom. The Balaban J connectivity index is 2.24. The van der Waals surface area contributed by atoms with Gasteiger partial charge in [-0.15, -0.1) is 0 Å². The fraction of sp³-hybridized carbons (Fsp3) is 0.857. The molecule has 0 saturated carbocycles. The minimum atomic E-state index is -0.605. The number of rotatable bonds is 4. The van der Waals surface area contributed by atoms with Crippen LogP contribution in [0, 0.1) is 0 Å². The molecule has 0 spiro atoms. The Labute approximate surface area is 65.1 Å². The maximum absolute atomic E-state index is 10.8. The molecule has 1 N–H and O–H groups in total. The highest BCUT2D eigenvalue weighted by atomic mass is 16.6. The third-order valence-electron chi connectivity index (χ3n) is 1.61. The lowest BCUT2D eigenvalue weighted by atomic mass is 10.1. The second kappa shape index (κ2) is 3.19. The van der Waals surface area contributed by atoms with E-state index in [2.05, 4.69) is 4.74 Å². The predicted molar refractivity (Wildman–Crippen MR) is 37.0 cm³/mol. The molecule has 0 radical (unpaired) electrons. The van der Waals surface area contributed by atoms with Crippen LogP contribution in [0.15, 0.2) is 0 Å². The van der Waals surface area contributed by atoms with Crippen molar-refractivity contribution in [1.82, 2.24) is 0 Å². The highest BCUT2D eigenvalue weighted by Gasteiger charge is 2.46. The normalized spacial score (nSPS) is 28.2. The molecule has 0 unspecified atom stereocenters. The number of aliphatic hydroxyl groups excluding tert-OH is 1. The third-order valence-corrected chi connectivity index (χ3v) is 1.61. The van der Waals surface area contributed by atoms with Crippen LogP contribution in [0.1, 0.15) is 13.3 Å². The molecule has 4 heteroatoms. The van der Waals surface area contributed by atoms with Gasteiger partial charge < -0.3 is 14.6 Å². The lowest BCUT2D eigenvalue weighted by Crippen LogP contribution is -2.22. The summed E-state index contributed by atoms with van der Waals surface area (Å²) < 4.78 is 9.60. The third kappa shape index (κ3) is 2.17. The van der Waals surface area contributed by atoms with E-state index >= 15 is 0 Å². The van der Waals surface area contributed by atoms with Crippen molar-refractivity contribution < 1.29 is 19.4 Å². The van der Waals surface area contributed by atoms with Crippen LogP contribution in [-0.2, 0) is 14.3 Å². The highest BCUT2D eigenvalue weighted by Crippen LogP contribution is 2.30. The maximum atomic E-state index is 10.8. The van der Waals surface area contributed by atoms with Gasteiger partial charge in [-0.25, -0.2) is 0 Å². The zero-order chi connectivity index (χ0) is 8.32. The van der Waals surface area contributed by atoms with Crippen molar-refractivity contribution in [3.05, 3.63) is 0 Å². The number of aliphatic hydroxyl groups is 1. The molecule has 1 aliphatic rings. The highest BCUT2D eigenvalue weighted by molar-refractivity contribution is 5.71. The summed E-state index contributed by atoms with van der Waals surface area (Å²) in [6.45, 7) is 2.48. The first-order chi connectivity index (χ1) is 5.22. The first-order valence-corrected chi connectivity index (χ1v) is 3.63. The summed E-state index contributed by atoms with van der Waals surface area (Å²) in [5, 5.41) is 8.74. The quantitative estimate of drug-likeness (QED) is 0.453. The first kappa shape index (κ1) is 8.49. The Hall–Kier alpha value is -0.610. The number of epoxide rings is 1. The van der Waals surface area contributed by atoms with E-state index in [9.17, 15) is 4.79 Å². The zero-order valence-corrected chi connectivity index (χ0v) is 6.50. The molecule has 64 valence electrons. The molecular formula is C7H12O4. The van der Waals surface area contributed by atoms with Crippen molar-refractivity contribution in [1.29, 1.82) is 0 Å². The summed E-state index contributed by atoms with van der Waals surface area (Å²) >= 11 is 0. The standard InChI is InChI=1S/C7H12O4/c1-2-10-6(9)3-7(4-8)5-11-7/h8H,2-5H2,1H3/t7-/m0/s1. The van der Waals surface area contributed by atoms with Gasteiger partial charge in [0.1, 0.15) is 5.60 Å². The molecule has 1 fully saturated rings. The molecule has 0 amide bonds. The van der Waals surface area contributed by atoms with Gasteiger partial charge in [0.25, 0.3) is 0 Å². The Morgan fingerprint density at radius 2 is 2.45 bits per heavy atom. The molecule has 0 bridgehead atoms. The number of carbonyl (C=O) groups is 1. The van der Waals surface area contributed by atoms with Gasteiger partial charge in [0, 0.05) is 0 Å². The average molecular weight is 160 g/mol. The lowest BCUT2D eigenvalue weighted by molar-refractivity contribution is -0.144. The molecule has 1 aliphatic heterocycles. The molecule has 1 atom stereocenters. The number of hydrogen-bond acceptors (Lipinski definition) is 4. The fourth-order valence-corrected chi connectivity index (χ4v) is 0.826. The molecule has 0 aromatic carbocycles. The van der Waals surface area contributed by atoms with Crippen LogP contribution >= 0.6 is 0 Å². The van der Waals surface area contributed by atoms with Crippen LogP contribution in [-0.4, -0.2) is 36.5 Å². The minimum Gasteiger partial charge on any atom is -0.466 e. The Morgan fingerprint density at radius 1 is 1.82 bits per heavy atom. The maximum Gasteiger partial charge on any atom is 0.308 e. The molecule has 1 heterocycles. The molecule has 1 saturated heterocycles. The van der Waals surface area contributed by atoms with E-state index in [-0.39, 0.29) is 19.0 Å². The second-order valence-corrected chi connectivity index (χ2v) is 2.61. The van der Waals surface area contributed by atoms with E-state index in [0.717, 1.165) is 0 Å². The zero-order valence-electron chi connectivity index (χ0n) is 6.50. The van der Waals surface area contributed by atoms with Crippen molar-refractivity contribution in [3.63, 3.8) is 0 Å². The summed E-state index contributed by atoms with van der Waals surface area (Å²) in [7, 11) is 0. The van der Waals surface area contributed by atoms with Crippen molar-refractivity contribution in [2.24, 2.45) is 0 Å². The van der Waals surface area contributed by atoms with E-state index in [1.54, 1.807) is 6.92 Å². The second-order valence-electron chi connectivity index (χ2n) is 2.61. The monoisotopic (exact) mass is 160 g/mol. The van der Waals surface area contributed by atoms with Gasteiger partial charge in [-0.1, -0.05) is 0 Å². The van der Waals surface area contributed by atoms with Gasteiger partial charge in [-0.3, -0.25) is 4.79 Å². The van der Waals surface area contributed by atoms with Crippen molar-refractivity contribution in [2.45, 2.75) is 18.9 Å². The van der Waals surface area contributed by atoms with Gasteiger partial charge in [-0.2, -0.15) is 0 Å². The number of carbonyl (C=O) groups excluding carboxylic acids is 1. The largest absolute Gasteiger partial charge is 0.466 e. The van der Waals surface area contributed by atoms with Gasteiger partial charge in [0.05, 0.1) is 26.2 Å². The Bertz CT molecular complexity index is 151. The van der Waals surface area contributed by atoms with Gasteiger partial charge in [0.2, 0.25) is 0 Å². The van der Waals surface area contributed by atoms with Crippen LogP contribution in [0.5, 0.6) is 0 Å². The molecule has 0 aromatic heterocycles. The summed E-state index contributed by atoms with van der Waals surface area (Å²) in [5.74, 6) is -0.306. The van der Waals surface area contributed by atoms with E-state index in [4.69, 9.17) is 9.84 Å². The molecule has 0 aromatic rings. The van der Waals surface area contributed by atoms with E-state index in [0.29, 0.717) is 13.2 Å². The van der Waals surface area contributed by atoms with Gasteiger partial charge in [0.15, 0.2) is 0 Å².